The zero-order chi connectivity index (χ0) is 16.3. The number of hydrogen-bond acceptors (Lipinski definition) is 5. The minimum absolute atomic E-state index is 0.356. The van der Waals surface area contributed by atoms with E-state index >= 15 is 0 Å². The Hall–Kier alpha value is -2.18. The number of aliphatic hydroxyl groups excluding tert-OH is 2. The quantitative estimate of drug-likeness (QED) is 0.767. The monoisotopic (exact) mass is 304 g/mol. The largest absolute Gasteiger partial charge is 0.497 e. The van der Waals surface area contributed by atoms with Gasteiger partial charge in [0, 0.05) is 17.1 Å². The van der Waals surface area contributed by atoms with E-state index in [1.807, 2.05) is 0 Å². The summed E-state index contributed by atoms with van der Waals surface area (Å²) in [7, 11) is 1.57. The second-order valence-corrected chi connectivity index (χ2v) is 5.53. The van der Waals surface area contributed by atoms with Crippen molar-refractivity contribution in [3.05, 3.63) is 35.5 Å². The number of aryl methyl sites for hydroxylation is 1. The van der Waals surface area contributed by atoms with Gasteiger partial charge in [0.25, 0.3) is 5.91 Å². The molecule has 1 amide bonds. The van der Waals surface area contributed by atoms with E-state index in [4.69, 9.17) is 4.74 Å². The molecule has 3 N–H and O–H groups in total. The minimum atomic E-state index is -1.08. The van der Waals surface area contributed by atoms with Crippen molar-refractivity contribution in [3.8, 4) is 5.75 Å². The molecule has 0 aliphatic heterocycles. The van der Waals surface area contributed by atoms with Gasteiger partial charge in [-0.15, -0.1) is 0 Å². The maximum absolute atomic E-state index is 12.5. The number of methoxy groups -OCH3 is 1. The molecule has 0 saturated carbocycles. The Kier molecular flexibility index (Phi) is 4.63. The van der Waals surface area contributed by atoms with Gasteiger partial charge in [-0.2, -0.15) is 0 Å². The van der Waals surface area contributed by atoms with Crippen LogP contribution in [-0.4, -0.2) is 47.0 Å². The lowest BCUT2D eigenvalue weighted by atomic mass is 10.0. The summed E-state index contributed by atoms with van der Waals surface area (Å²) in [5.74, 6) is 0.291. The first-order valence-corrected chi connectivity index (χ1v) is 6.92. The van der Waals surface area contributed by atoms with Gasteiger partial charge >= 0.3 is 0 Å². The van der Waals surface area contributed by atoms with Crippen molar-refractivity contribution in [2.24, 2.45) is 0 Å². The third kappa shape index (κ3) is 3.18. The molecule has 2 rings (SSSR count). The Morgan fingerprint density at radius 2 is 2.00 bits per heavy atom. The maximum atomic E-state index is 12.5. The number of carbonyl (C=O) groups is 1. The molecule has 6 heteroatoms. The molecule has 0 bridgehead atoms. The Balaban J connectivity index is 2.48. The Morgan fingerprint density at radius 1 is 1.32 bits per heavy atom. The summed E-state index contributed by atoms with van der Waals surface area (Å²) in [6, 6.07) is 6.97. The fourth-order valence-corrected chi connectivity index (χ4v) is 2.13. The first-order valence-electron chi connectivity index (χ1n) is 6.92. The topological polar surface area (TPSA) is 91.7 Å². The highest BCUT2D eigenvalue weighted by molar-refractivity contribution is 6.06. The minimum Gasteiger partial charge on any atom is -0.497 e. The Labute approximate surface area is 128 Å². The molecule has 0 atom stereocenters. The summed E-state index contributed by atoms with van der Waals surface area (Å²) >= 11 is 0. The van der Waals surface area contributed by atoms with Crippen molar-refractivity contribution in [1.82, 2.24) is 10.3 Å². The zero-order valence-electron chi connectivity index (χ0n) is 12.9. The van der Waals surface area contributed by atoms with Crippen molar-refractivity contribution in [2.75, 3.05) is 20.3 Å². The lowest BCUT2D eigenvalue weighted by molar-refractivity contribution is 0.0725. The standard InChI is InChI=1S/C16H20N2O4/c1-10-6-13(15(21)18-16(2,8-19)9-20)12-5-4-11(22-3)7-14(12)17-10/h4-7,19-20H,8-9H2,1-3H3,(H,18,21). The third-order valence-electron chi connectivity index (χ3n) is 3.50. The molecule has 0 unspecified atom stereocenters. The fourth-order valence-electron chi connectivity index (χ4n) is 2.13. The van der Waals surface area contributed by atoms with Gasteiger partial charge in [-0.05, 0) is 32.0 Å². The van der Waals surface area contributed by atoms with Gasteiger partial charge in [0.2, 0.25) is 0 Å². The molecule has 1 heterocycles. The van der Waals surface area contributed by atoms with E-state index in [1.165, 1.54) is 0 Å². The van der Waals surface area contributed by atoms with Crippen LogP contribution in [0.2, 0.25) is 0 Å². The molecule has 0 saturated heterocycles. The number of amides is 1. The lowest BCUT2D eigenvalue weighted by Gasteiger charge is -2.26. The number of nitrogens with one attached hydrogen (secondary N) is 1. The summed E-state index contributed by atoms with van der Waals surface area (Å²) in [5, 5.41) is 22.0. The van der Waals surface area contributed by atoms with Crippen LogP contribution in [0, 0.1) is 6.92 Å². The van der Waals surface area contributed by atoms with Gasteiger partial charge < -0.3 is 20.3 Å². The maximum Gasteiger partial charge on any atom is 0.252 e. The molecule has 6 nitrogen and oxygen atoms in total. The summed E-state index contributed by atoms with van der Waals surface area (Å²) in [6.45, 7) is 2.66. The summed E-state index contributed by atoms with van der Waals surface area (Å²) < 4.78 is 5.17. The molecule has 22 heavy (non-hydrogen) atoms. The number of fused-ring (bicyclic) bond motifs is 1. The van der Waals surface area contributed by atoms with Crippen LogP contribution in [0.15, 0.2) is 24.3 Å². The van der Waals surface area contributed by atoms with E-state index < -0.39 is 5.54 Å². The molecule has 0 radical (unpaired) electrons. The summed E-state index contributed by atoms with van der Waals surface area (Å²) in [4.78, 5) is 16.9. The highest BCUT2D eigenvalue weighted by atomic mass is 16.5. The van der Waals surface area contributed by atoms with Crippen molar-refractivity contribution in [2.45, 2.75) is 19.4 Å². The number of pyridine rings is 1. The third-order valence-corrected chi connectivity index (χ3v) is 3.50. The number of nitrogens with zero attached hydrogens (tertiary/aromatic N) is 1. The number of aromatic nitrogens is 1. The number of aliphatic hydroxyl groups is 2. The smallest absolute Gasteiger partial charge is 0.252 e. The molecule has 1 aromatic heterocycles. The summed E-state index contributed by atoms with van der Waals surface area (Å²) in [6.07, 6.45) is 0. The normalized spacial score (nSPS) is 11.5. The van der Waals surface area contributed by atoms with Crippen LogP contribution in [0.25, 0.3) is 10.9 Å². The van der Waals surface area contributed by atoms with Crippen molar-refractivity contribution >= 4 is 16.8 Å². The molecular weight excluding hydrogens is 284 g/mol. The van der Waals surface area contributed by atoms with Gasteiger partial charge in [-0.3, -0.25) is 9.78 Å². The van der Waals surface area contributed by atoms with Crippen LogP contribution in [-0.2, 0) is 0 Å². The van der Waals surface area contributed by atoms with E-state index in [0.29, 0.717) is 27.9 Å². The van der Waals surface area contributed by atoms with E-state index in [-0.39, 0.29) is 19.1 Å². The predicted octanol–water partition coefficient (Wildman–Crippen LogP) is 1.02. The molecule has 0 fully saturated rings. The molecule has 118 valence electrons. The molecule has 0 spiro atoms. The van der Waals surface area contributed by atoms with Crippen molar-refractivity contribution in [1.29, 1.82) is 0 Å². The SMILES string of the molecule is COc1ccc2c(C(=O)NC(C)(CO)CO)cc(C)nc2c1. The second kappa shape index (κ2) is 6.29. The lowest BCUT2D eigenvalue weighted by Crippen LogP contribution is -2.51. The molecule has 1 aromatic carbocycles. The van der Waals surface area contributed by atoms with Gasteiger partial charge in [-0.25, -0.2) is 0 Å². The number of benzene rings is 1. The van der Waals surface area contributed by atoms with Crippen LogP contribution in [0.4, 0.5) is 0 Å². The van der Waals surface area contributed by atoms with E-state index in [2.05, 4.69) is 10.3 Å². The molecule has 0 aliphatic rings. The van der Waals surface area contributed by atoms with Gasteiger partial charge in [-0.1, -0.05) is 0 Å². The van der Waals surface area contributed by atoms with Gasteiger partial charge in [0.1, 0.15) is 5.75 Å². The van der Waals surface area contributed by atoms with Crippen LogP contribution in [0.5, 0.6) is 5.75 Å². The fraction of sp³-hybridized carbons (Fsp3) is 0.375. The van der Waals surface area contributed by atoms with Crippen LogP contribution in [0.3, 0.4) is 0 Å². The highest BCUT2D eigenvalue weighted by Crippen LogP contribution is 2.23. The first kappa shape index (κ1) is 16.2. The average Bonchev–Trinajstić information content (AvgIpc) is 2.53. The van der Waals surface area contributed by atoms with Crippen LogP contribution in [0.1, 0.15) is 23.0 Å². The summed E-state index contributed by atoms with van der Waals surface area (Å²) in [5.41, 5.74) is 0.714. The molecule has 0 aliphatic carbocycles. The first-order chi connectivity index (χ1) is 10.4. The molecular formula is C16H20N2O4. The van der Waals surface area contributed by atoms with E-state index in [9.17, 15) is 15.0 Å². The second-order valence-electron chi connectivity index (χ2n) is 5.53. The van der Waals surface area contributed by atoms with E-state index in [1.54, 1.807) is 45.2 Å². The molecule has 2 aromatic rings. The highest BCUT2D eigenvalue weighted by Gasteiger charge is 2.26. The number of carbonyl (C=O) groups excluding carboxylic acids is 1. The van der Waals surface area contributed by atoms with Crippen LogP contribution < -0.4 is 10.1 Å². The van der Waals surface area contributed by atoms with E-state index in [0.717, 1.165) is 0 Å². The number of ether oxygens (including phenoxy) is 1. The van der Waals surface area contributed by atoms with Gasteiger partial charge in [0.15, 0.2) is 0 Å². The Morgan fingerprint density at radius 3 is 2.59 bits per heavy atom. The van der Waals surface area contributed by atoms with Crippen molar-refractivity contribution in [3.63, 3.8) is 0 Å². The van der Waals surface area contributed by atoms with Crippen molar-refractivity contribution < 1.29 is 19.7 Å². The van der Waals surface area contributed by atoms with Gasteiger partial charge in [0.05, 0.1) is 36.9 Å². The van der Waals surface area contributed by atoms with Crippen LogP contribution >= 0.6 is 0 Å². The zero-order valence-corrected chi connectivity index (χ0v) is 12.9. The Bertz CT molecular complexity index is 696. The number of hydrogen-bond donors (Lipinski definition) is 3. The number of rotatable bonds is 5. The average molecular weight is 304 g/mol. The predicted molar refractivity (Wildman–Crippen MR) is 83.1 cm³/mol.